The third-order valence-corrected chi connectivity index (χ3v) is 4.93. The van der Waals surface area contributed by atoms with Crippen LogP contribution in [0.15, 0.2) is 60.7 Å². The standard InChI is InChI=1S/C26H27.Y/c1-5-11-20(4)26-18-22(16-17-23(26)19(2)3)25-15-10-9-14-24(25)21-12-7-6-8-13-21;/h5-10,12,14-17,19-20H,11H2,1-4H3;/q-3;+3. The van der Waals surface area contributed by atoms with Gasteiger partial charge in [0.05, 0.1) is 0 Å². The van der Waals surface area contributed by atoms with Crippen LogP contribution in [-0.2, 0) is 32.7 Å². The van der Waals surface area contributed by atoms with Crippen LogP contribution in [0.5, 0.6) is 0 Å². The van der Waals surface area contributed by atoms with E-state index in [0.29, 0.717) is 11.8 Å². The molecule has 0 aliphatic rings. The Morgan fingerprint density at radius 3 is 2.11 bits per heavy atom. The summed E-state index contributed by atoms with van der Waals surface area (Å²) < 4.78 is 0. The van der Waals surface area contributed by atoms with E-state index in [1.54, 1.807) is 0 Å². The van der Waals surface area contributed by atoms with E-state index in [-0.39, 0.29) is 32.7 Å². The van der Waals surface area contributed by atoms with Crippen LogP contribution in [0.25, 0.3) is 22.3 Å². The first-order chi connectivity index (χ1) is 12.6. The zero-order valence-corrected chi connectivity index (χ0v) is 19.6. The van der Waals surface area contributed by atoms with Gasteiger partial charge in [-0.15, -0.1) is 82.9 Å². The molecule has 3 aromatic rings. The average Bonchev–Trinajstić information content (AvgIpc) is 2.68. The maximum absolute atomic E-state index is 3.77. The quantitative estimate of drug-likeness (QED) is 0.358. The molecule has 1 heteroatoms. The van der Waals surface area contributed by atoms with Crippen molar-refractivity contribution in [2.75, 3.05) is 0 Å². The summed E-state index contributed by atoms with van der Waals surface area (Å²) in [5.74, 6) is 0.986. The van der Waals surface area contributed by atoms with Gasteiger partial charge in [0, 0.05) is 0 Å². The van der Waals surface area contributed by atoms with Crippen molar-refractivity contribution in [3.63, 3.8) is 0 Å². The molecule has 0 saturated carbocycles. The molecule has 0 aliphatic heterocycles. The fourth-order valence-electron chi connectivity index (χ4n) is 3.58. The Morgan fingerprint density at radius 1 is 0.852 bits per heavy atom. The van der Waals surface area contributed by atoms with Crippen LogP contribution in [-0.4, -0.2) is 0 Å². The average molecular weight is 428 g/mol. The second kappa shape index (κ2) is 10.3. The fraction of sp³-hybridized carbons (Fsp3) is 0.269. The second-order valence-corrected chi connectivity index (χ2v) is 7.26. The van der Waals surface area contributed by atoms with Crippen LogP contribution in [0, 0.1) is 18.6 Å². The van der Waals surface area contributed by atoms with Crippen LogP contribution in [0.3, 0.4) is 0 Å². The monoisotopic (exact) mass is 428 g/mol. The molecule has 0 nitrogen and oxygen atoms in total. The Kier molecular flexibility index (Phi) is 8.45. The Morgan fingerprint density at radius 2 is 1.52 bits per heavy atom. The molecule has 0 fully saturated rings. The van der Waals surface area contributed by atoms with E-state index in [1.807, 2.05) is 12.1 Å². The summed E-state index contributed by atoms with van der Waals surface area (Å²) in [6.07, 6.45) is 3.33. The van der Waals surface area contributed by atoms with Gasteiger partial charge >= 0.3 is 32.7 Å². The summed E-state index contributed by atoms with van der Waals surface area (Å²) >= 11 is 0. The summed E-state index contributed by atoms with van der Waals surface area (Å²) in [7, 11) is 0. The number of benzene rings is 3. The number of rotatable bonds is 6. The van der Waals surface area contributed by atoms with Crippen molar-refractivity contribution in [3.8, 4) is 22.3 Å². The summed E-state index contributed by atoms with van der Waals surface area (Å²) in [6.45, 7) is 8.97. The molecule has 3 aromatic carbocycles. The van der Waals surface area contributed by atoms with E-state index >= 15 is 0 Å². The Balaban J connectivity index is 0.00000261. The Bertz CT molecular complexity index is 849. The zero-order chi connectivity index (χ0) is 18.5. The fourth-order valence-corrected chi connectivity index (χ4v) is 3.58. The van der Waals surface area contributed by atoms with Gasteiger partial charge in [-0.2, -0.15) is 24.5 Å². The third-order valence-electron chi connectivity index (χ3n) is 4.93. The van der Waals surface area contributed by atoms with Crippen molar-refractivity contribution in [2.24, 2.45) is 0 Å². The molecular weight excluding hydrogens is 401 g/mol. The van der Waals surface area contributed by atoms with Gasteiger partial charge in [-0.1, -0.05) is 44.7 Å². The second-order valence-electron chi connectivity index (χ2n) is 7.26. The minimum Gasteiger partial charge on any atom is -0.331 e. The van der Waals surface area contributed by atoms with Gasteiger partial charge < -0.3 is 6.42 Å². The van der Waals surface area contributed by atoms with Crippen LogP contribution < -0.4 is 0 Å². The van der Waals surface area contributed by atoms with Gasteiger partial charge in [-0.25, -0.2) is 0 Å². The molecule has 1 unspecified atom stereocenters. The minimum atomic E-state index is 0. The van der Waals surface area contributed by atoms with Gasteiger partial charge in [-0.05, 0) is 0 Å². The van der Waals surface area contributed by atoms with Gasteiger partial charge in [0.15, 0.2) is 0 Å². The number of hydrogen-bond acceptors (Lipinski definition) is 0. The maximum Gasteiger partial charge on any atom is 3.00 e. The van der Waals surface area contributed by atoms with Crippen LogP contribution in [0.1, 0.15) is 57.1 Å². The molecule has 1 atom stereocenters. The van der Waals surface area contributed by atoms with E-state index in [9.17, 15) is 0 Å². The van der Waals surface area contributed by atoms with Crippen molar-refractivity contribution >= 4 is 0 Å². The van der Waals surface area contributed by atoms with Crippen molar-refractivity contribution in [1.82, 2.24) is 0 Å². The van der Waals surface area contributed by atoms with E-state index in [2.05, 4.69) is 94.8 Å². The summed E-state index contributed by atoms with van der Waals surface area (Å²) in [4.78, 5) is 0. The minimum absolute atomic E-state index is 0. The topological polar surface area (TPSA) is 0 Å². The SMILES string of the molecule is C[CH-]CC(C)c1[c-]c(-c2ccccc2-c2[c-]cccc2)ccc1C(C)C.[Y+3]. The largest absolute Gasteiger partial charge is 3.00 e. The Hall–Kier alpha value is -1.24. The van der Waals surface area contributed by atoms with Gasteiger partial charge in [0.2, 0.25) is 0 Å². The smallest absolute Gasteiger partial charge is 0.331 e. The van der Waals surface area contributed by atoms with E-state index in [1.165, 1.54) is 27.8 Å². The van der Waals surface area contributed by atoms with Crippen molar-refractivity contribution in [3.05, 3.63) is 90.3 Å². The van der Waals surface area contributed by atoms with E-state index in [0.717, 1.165) is 12.0 Å². The van der Waals surface area contributed by atoms with Crippen molar-refractivity contribution in [2.45, 2.75) is 46.0 Å². The number of hydrogen-bond donors (Lipinski definition) is 0. The molecule has 0 amide bonds. The summed E-state index contributed by atoms with van der Waals surface area (Å²) in [5.41, 5.74) is 7.48. The van der Waals surface area contributed by atoms with Crippen LogP contribution >= 0.6 is 0 Å². The first-order valence-corrected chi connectivity index (χ1v) is 9.52. The third kappa shape index (κ3) is 5.18. The normalized spacial score (nSPS) is 11.9. The van der Waals surface area contributed by atoms with Crippen molar-refractivity contribution < 1.29 is 32.7 Å². The van der Waals surface area contributed by atoms with E-state index < -0.39 is 0 Å². The molecular formula is C26H27Y. The molecule has 0 aromatic heterocycles. The van der Waals surface area contributed by atoms with Crippen molar-refractivity contribution in [1.29, 1.82) is 0 Å². The van der Waals surface area contributed by atoms with E-state index in [4.69, 9.17) is 0 Å². The molecule has 134 valence electrons. The molecule has 0 aliphatic carbocycles. The van der Waals surface area contributed by atoms with Gasteiger partial charge in [0.25, 0.3) is 0 Å². The molecule has 0 N–H and O–H groups in total. The molecule has 0 bridgehead atoms. The molecule has 0 heterocycles. The van der Waals surface area contributed by atoms with Gasteiger partial charge in [0.1, 0.15) is 0 Å². The first-order valence-electron chi connectivity index (χ1n) is 9.52. The molecule has 0 saturated heterocycles. The van der Waals surface area contributed by atoms with Gasteiger partial charge in [-0.3, -0.25) is 0 Å². The molecule has 0 spiro atoms. The summed E-state index contributed by atoms with van der Waals surface area (Å²) in [5, 5.41) is 0. The Labute approximate surface area is 190 Å². The predicted octanol–water partition coefficient (Wildman–Crippen LogP) is 7.46. The predicted molar refractivity (Wildman–Crippen MR) is 112 cm³/mol. The maximum atomic E-state index is 3.77. The van der Waals surface area contributed by atoms with Crippen LogP contribution in [0.2, 0.25) is 0 Å². The molecule has 0 radical (unpaired) electrons. The molecule has 27 heavy (non-hydrogen) atoms. The first kappa shape index (κ1) is 22.1. The van der Waals surface area contributed by atoms with Crippen LogP contribution in [0.4, 0.5) is 0 Å². The zero-order valence-electron chi connectivity index (χ0n) is 16.8. The summed E-state index contributed by atoms with van der Waals surface area (Å²) in [6, 6.07) is 28.4. The molecule has 3 rings (SSSR count).